The zero-order chi connectivity index (χ0) is 25.2. The highest BCUT2D eigenvalue weighted by Gasteiger charge is 2.34. The van der Waals surface area contributed by atoms with Gasteiger partial charge in [0, 0.05) is 50.4 Å². The number of carbonyl (C=O) groups is 1. The molecule has 36 heavy (non-hydrogen) atoms. The minimum absolute atomic E-state index is 0.0340. The molecular formula is C26H31ClFN7O. The number of anilines is 1. The van der Waals surface area contributed by atoms with Crippen LogP contribution in [0.15, 0.2) is 36.7 Å². The lowest BCUT2D eigenvalue weighted by Gasteiger charge is -2.48. The largest absolute Gasteiger partial charge is 0.367 e. The van der Waals surface area contributed by atoms with Crippen LogP contribution in [0.1, 0.15) is 42.2 Å². The lowest BCUT2D eigenvalue weighted by molar-refractivity contribution is 0.0491. The van der Waals surface area contributed by atoms with E-state index >= 15 is 0 Å². The number of hydrogen-bond donors (Lipinski definition) is 1. The quantitative estimate of drug-likeness (QED) is 0.553. The second-order valence-corrected chi connectivity index (χ2v) is 9.94. The molecule has 0 bridgehead atoms. The monoisotopic (exact) mass is 511 g/mol. The van der Waals surface area contributed by atoms with Gasteiger partial charge in [0.1, 0.15) is 17.8 Å². The third-order valence-corrected chi connectivity index (χ3v) is 7.75. The highest BCUT2D eigenvalue weighted by Crippen LogP contribution is 2.29. The van der Waals surface area contributed by atoms with E-state index in [9.17, 15) is 9.18 Å². The molecule has 0 unspecified atom stereocenters. The zero-order valence-corrected chi connectivity index (χ0v) is 21.4. The minimum atomic E-state index is -0.556. The third-order valence-electron chi connectivity index (χ3n) is 7.44. The van der Waals surface area contributed by atoms with Crippen molar-refractivity contribution in [3.05, 3.63) is 58.8 Å². The fraction of sp³-hybridized carbons (Fsp3) is 0.462. The normalized spacial score (nSPS) is 19.6. The highest BCUT2D eigenvalue weighted by atomic mass is 35.5. The summed E-state index contributed by atoms with van der Waals surface area (Å²) in [4.78, 5) is 28.7. The van der Waals surface area contributed by atoms with Crippen molar-refractivity contribution in [3.8, 4) is 11.5 Å². The maximum absolute atomic E-state index is 13.8. The molecule has 10 heteroatoms. The van der Waals surface area contributed by atoms with Crippen molar-refractivity contribution >= 4 is 23.2 Å². The number of aryl methyl sites for hydroxylation is 1. The van der Waals surface area contributed by atoms with Gasteiger partial charge < -0.3 is 9.80 Å². The Morgan fingerprint density at radius 2 is 1.97 bits per heavy atom. The van der Waals surface area contributed by atoms with Crippen LogP contribution in [-0.2, 0) is 0 Å². The average molecular weight is 512 g/mol. The molecule has 4 heterocycles. The van der Waals surface area contributed by atoms with Gasteiger partial charge in [0.15, 0.2) is 5.82 Å². The standard InChI is InChI=1S/C26H31ClFN7O/c1-3-19-15-34(24-7-6-23(31-17(24)2)25-29-16-30-32-25)12-13-35(19)20-8-10-33(11-9-20)26(36)18-4-5-21(27)22(28)14-18/h4-7,14,16,19-20H,3,8-13,15H2,1-2H3,(H,29,30,32)/t19-/m0/s1. The Balaban J connectivity index is 1.20. The van der Waals surface area contributed by atoms with Crippen LogP contribution in [0.4, 0.5) is 10.1 Å². The summed E-state index contributed by atoms with van der Waals surface area (Å²) in [6, 6.07) is 9.28. The molecule has 2 aliphatic rings. The zero-order valence-electron chi connectivity index (χ0n) is 20.6. The molecule has 2 fully saturated rings. The predicted octanol–water partition coefficient (Wildman–Crippen LogP) is 4.17. The van der Waals surface area contributed by atoms with E-state index in [-0.39, 0.29) is 10.9 Å². The topological polar surface area (TPSA) is 81.2 Å². The lowest BCUT2D eigenvalue weighted by atomic mass is 9.97. The number of piperazine rings is 1. The van der Waals surface area contributed by atoms with Gasteiger partial charge in [0.2, 0.25) is 0 Å². The molecule has 0 aliphatic carbocycles. The Labute approximate surface area is 215 Å². The summed E-state index contributed by atoms with van der Waals surface area (Å²) in [5.74, 6) is -0.0105. The summed E-state index contributed by atoms with van der Waals surface area (Å²) in [7, 11) is 0. The Morgan fingerprint density at radius 1 is 1.17 bits per heavy atom. The fourth-order valence-electron chi connectivity index (χ4n) is 5.49. The average Bonchev–Trinajstić information content (AvgIpc) is 3.45. The van der Waals surface area contributed by atoms with Gasteiger partial charge >= 0.3 is 0 Å². The van der Waals surface area contributed by atoms with Gasteiger partial charge in [-0.15, -0.1) is 0 Å². The molecule has 5 rings (SSSR count). The van der Waals surface area contributed by atoms with Crippen LogP contribution in [0, 0.1) is 12.7 Å². The molecule has 3 aromatic rings. The van der Waals surface area contributed by atoms with E-state index in [4.69, 9.17) is 16.6 Å². The number of halogens is 2. The van der Waals surface area contributed by atoms with Gasteiger partial charge in [-0.2, -0.15) is 5.10 Å². The van der Waals surface area contributed by atoms with Crippen LogP contribution in [0.2, 0.25) is 5.02 Å². The number of nitrogens with zero attached hydrogens (tertiary/aromatic N) is 6. The van der Waals surface area contributed by atoms with Crippen molar-refractivity contribution in [2.24, 2.45) is 0 Å². The first-order valence-corrected chi connectivity index (χ1v) is 12.9. The summed E-state index contributed by atoms with van der Waals surface area (Å²) >= 11 is 5.77. The molecule has 1 amide bonds. The van der Waals surface area contributed by atoms with Gasteiger partial charge in [0.25, 0.3) is 5.91 Å². The van der Waals surface area contributed by atoms with Crippen molar-refractivity contribution in [2.45, 2.75) is 45.2 Å². The maximum Gasteiger partial charge on any atom is 0.253 e. The minimum Gasteiger partial charge on any atom is -0.367 e. The van der Waals surface area contributed by atoms with Gasteiger partial charge in [0.05, 0.1) is 16.4 Å². The van der Waals surface area contributed by atoms with E-state index in [0.717, 1.165) is 56.0 Å². The van der Waals surface area contributed by atoms with E-state index in [1.54, 1.807) is 6.07 Å². The van der Waals surface area contributed by atoms with Crippen LogP contribution in [0.25, 0.3) is 11.5 Å². The number of benzene rings is 1. The molecular weight excluding hydrogens is 481 g/mol. The number of carbonyl (C=O) groups excluding carboxylic acids is 1. The summed E-state index contributed by atoms with van der Waals surface area (Å²) in [5, 5.41) is 6.82. The van der Waals surface area contributed by atoms with E-state index in [1.165, 1.54) is 18.5 Å². The SMILES string of the molecule is CC[C@H]1CN(c2ccc(-c3ncn[nH]3)nc2C)CCN1C1CCN(C(=O)c2ccc(Cl)c(F)c2)CC1. The van der Waals surface area contributed by atoms with Crippen LogP contribution in [0.5, 0.6) is 0 Å². The Morgan fingerprint density at radius 3 is 2.64 bits per heavy atom. The molecule has 8 nitrogen and oxygen atoms in total. The van der Waals surface area contributed by atoms with Crippen LogP contribution >= 0.6 is 11.6 Å². The van der Waals surface area contributed by atoms with Crippen LogP contribution in [0.3, 0.4) is 0 Å². The third kappa shape index (κ3) is 4.95. The molecule has 0 spiro atoms. The van der Waals surface area contributed by atoms with E-state index in [0.29, 0.717) is 36.6 Å². The number of nitrogens with one attached hydrogen (secondary N) is 1. The Hall–Kier alpha value is -3.04. The van der Waals surface area contributed by atoms with Crippen molar-refractivity contribution in [2.75, 3.05) is 37.6 Å². The highest BCUT2D eigenvalue weighted by molar-refractivity contribution is 6.30. The molecule has 2 aromatic heterocycles. The molecule has 190 valence electrons. The van der Waals surface area contributed by atoms with E-state index in [2.05, 4.69) is 38.0 Å². The number of likely N-dealkylation sites (tertiary alicyclic amines) is 1. The molecule has 2 saturated heterocycles. The van der Waals surface area contributed by atoms with Crippen molar-refractivity contribution in [1.29, 1.82) is 0 Å². The summed E-state index contributed by atoms with van der Waals surface area (Å²) in [6.45, 7) is 8.50. The maximum atomic E-state index is 13.8. The van der Waals surface area contributed by atoms with Crippen molar-refractivity contribution < 1.29 is 9.18 Å². The number of pyridine rings is 1. The Kier molecular flexibility index (Phi) is 7.20. The number of piperidine rings is 1. The second-order valence-electron chi connectivity index (χ2n) is 9.53. The smallest absolute Gasteiger partial charge is 0.253 e. The van der Waals surface area contributed by atoms with Gasteiger partial charge in [-0.25, -0.2) is 14.4 Å². The number of rotatable bonds is 5. The number of aromatic amines is 1. The van der Waals surface area contributed by atoms with Gasteiger partial charge in [-0.1, -0.05) is 18.5 Å². The fourth-order valence-corrected chi connectivity index (χ4v) is 5.61. The van der Waals surface area contributed by atoms with Gasteiger partial charge in [-0.3, -0.25) is 14.8 Å². The number of H-pyrrole nitrogens is 1. The molecule has 1 atom stereocenters. The summed E-state index contributed by atoms with van der Waals surface area (Å²) < 4.78 is 13.8. The van der Waals surface area contributed by atoms with Crippen LogP contribution in [-0.4, -0.2) is 80.7 Å². The molecule has 2 aliphatic heterocycles. The van der Waals surface area contributed by atoms with Gasteiger partial charge in [-0.05, 0) is 56.5 Å². The number of amides is 1. The van der Waals surface area contributed by atoms with Crippen LogP contribution < -0.4 is 4.90 Å². The number of hydrogen-bond acceptors (Lipinski definition) is 6. The first-order chi connectivity index (χ1) is 17.4. The van der Waals surface area contributed by atoms with Crippen molar-refractivity contribution in [3.63, 3.8) is 0 Å². The molecule has 1 N–H and O–H groups in total. The summed E-state index contributed by atoms with van der Waals surface area (Å²) in [5.41, 5.74) is 3.29. The summed E-state index contributed by atoms with van der Waals surface area (Å²) in [6.07, 6.45) is 4.39. The van der Waals surface area contributed by atoms with E-state index in [1.807, 2.05) is 17.9 Å². The Bertz CT molecular complexity index is 1210. The first kappa shape index (κ1) is 24.6. The lowest BCUT2D eigenvalue weighted by Crippen LogP contribution is -2.58. The molecule has 1 aromatic carbocycles. The number of aromatic nitrogens is 4. The first-order valence-electron chi connectivity index (χ1n) is 12.5. The molecule has 0 saturated carbocycles. The molecule has 0 radical (unpaired) electrons. The second kappa shape index (κ2) is 10.5. The van der Waals surface area contributed by atoms with Crippen molar-refractivity contribution in [1.82, 2.24) is 30.0 Å². The predicted molar refractivity (Wildman–Crippen MR) is 138 cm³/mol. The van der Waals surface area contributed by atoms with E-state index < -0.39 is 5.82 Å².